The largest absolute Gasteiger partial charge is 0.417 e. The van der Waals surface area contributed by atoms with Crippen LogP contribution in [0, 0.1) is 6.92 Å². The minimum atomic E-state index is -4.46. The highest BCUT2D eigenvalue weighted by atomic mass is 79.9. The number of carbonyl (C=O) groups excluding carboxylic acids is 1. The zero-order chi connectivity index (χ0) is 18.2. The maximum atomic E-state index is 12.6. The Hall–Kier alpha value is -2.20. The van der Waals surface area contributed by atoms with Crippen LogP contribution in [0.4, 0.5) is 19.0 Å². The van der Waals surface area contributed by atoms with Gasteiger partial charge in [-0.2, -0.15) is 23.0 Å². The molecule has 3 heterocycles. The Morgan fingerprint density at radius 2 is 2.08 bits per heavy atom. The third kappa shape index (κ3) is 3.74. The van der Waals surface area contributed by atoms with Crippen LogP contribution in [0.2, 0.25) is 0 Å². The molecule has 0 aliphatic heterocycles. The standard InChI is InChI=1S/C15H10BrF3N4OS/c1-8-6-12(21-14(24)13-10(16)4-5-25-13)23(22-8)11-3-2-9(7-20-11)15(17,18)19/h2-7H,1H3,(H,21,24). The third-order valence-electron chi connectivity index (χ3n) is 3.19. The molecule has 0 aliphatic carbocycles. The molecule has 0 spiro atoms. The van der Waals surface area contributed by atoms with Gasteiger partial charge in [0.25, 0.3) is 5.91 Å². The van der Waals surface area contributed by atoms with Crippen molar-refractivity contribution >= 4 is 39.0 Å². The summed E-state index contributed by atoms with van der Waals surface area (Å²) in [7, 11) is 0. The van der Waals surface area contributed by atoms with Gasteiger partial charge in [0.2, 0.25) is 0 Å². The highest BCUT2D eigenvalue weighted by molar-refractivity contribution is 9.10. The lowest BCUT2D eigenvalue weighted by molar-refractivity contribution is -0.137. The first-order chi connectivity index (χ1) is 11.8. The lowest BCUT2D eigenvalue weighted by Crippen LogP contribution is -2.15. The fourth-order valence-corrected chi connectivity index (χ4v) is 3.52. The maximum absolute atomic E-state index is 12.6. The maximum Gasteiger partial charge on any atom is 0.417 e. The average Bonchev–Trinajstić information content (AvgIpc) is 3.12. The van der Waals surface area contributed by atoms with E-state index in [0.717, 1.165) is 12.3 Å². The molecule has 0 saturated heterocycles. The Kier molecular flexibility index (Phi) is 4.65. The van der Waals surface area contributed by atoms with E-state index in [1.54, 1.807) is 24.4 Å². The number of rotatable bonds is 3. The van der Waals surface area contributed by atoms with Crippen LogP contribution < -0.4 is 5.32 Å². The molecule has 3 aromatic rings. The van der Waals surface area contributed by atoms with Gasteiger partial charge in [-0.15, -0.1) is 11.3 Å². The van der Waals surface area contributed by atoms with Gasteiger partial charge in [0.1, 0.15) is 10.7 Å². The predicted octanol–water partition coefficient (Wildman–Crippen LogP) is 4.67. The first-order valence-electron chi connectivity index (χ1n) is 6.90. The number of aryl methyl sites for hydroxylation is 1. The SMILES string of the molecule is Cc1cc(NC(=O)c2sccc2Br)n(-c2ccc(C(F)(F)F)cn2)n1. The zero-order valence-corrected chi connectivity index (χ0v) is 15.0. The van der Waals surface area contributed by atoms with Crippen molar-refractivity contribution in [3.05, 3.63) is 56.4 Å². The molecule has 0 atom stereocenters. The number of hydrogen-bond acceptors (Lipinski definition) is 4. The van der Waals surface area contributed by atoms with Gasteiger partial charge in [-0.25, -0.2) is 4.98 Å². The van der Waals surface area contributed by atoms with E-state index < -0.39 is 11.7 Å². The van der Waals surface area contributed by atoms with Gasteiger partial charge in [0.05, 0.1) is 11.3 Å². The lowest BCUT2D eigenvalue weighted by atomic mass is 10.3. The molecule has 1 amide bonds. The summed E-state index contributed by atoms with van der Waals surface area (Å²) >= 11 is 4.54. The molecule has 0 aliphatic rings. The monoisotopic (exact) mass is 430 g/mol. The second-order valence-corrected chi connectivity index (χ2v) is 6.81. The van der Waals surface area contributed by atoms with Crippen molar-refractivity contribution in [3.63, 3.8) is 0 Å². The molecule has 0 aromatic carbocycles. The Bertz CT molecular complexity index is 918. The van der Waals surface area contributed by atoms with E-state index >= 15 is 0 Å². The summed E-state index contributed by atoms with van der Waals surface area (Å²) in [5.41, 5.74) is -0.268. The number of nitrogens with zero attached hydrogens (tertiary/aromatic N) is 3. The number of anilines is 1. The fraction of sp³-hybridized carbons (Fsp3) is 0.133. The molecule has 5 nitrogen and oxygen atoms in total. The predicted molar refractivity (Wildman–Crippen MR) is 91.1 cm³/mol. The first kappa shape index (κ1) is 17.6. The van der Waals surface area contributed by atoms with Gasteiger partial charge in [-0.05, 0) is 46.4 Å². The van der Waals surface area contributed by atoms with E-state index in [4.69, 9.17) is 0 Å². The molecular weight excluding hydrogens is 421 g/mol. The fourth-order valence-electron chi connectivity index (χ4n) is 2.07. The van der Waals surface area contributed by atoms with Crippen LogP contribution in [0.3, 0.4) is 0 Å². The number of carbonyl (C=O) groups is 1. The van der Waals surface area contributed by atoms with Crippen molar-refractivity contribution in [2.45, 2.75) is 13.1 Å². The quantitative estimate of drug-likeness (QED) is 0.656. The molecule has 3 aromatic heterocycles. The number of alkyl halides is 3. The summed E-state index contributed by atoms with van der Waals surface area (Å²) in [4.78, 5) is 16.6. The van der Waals surface area contributed by atoms with E-state index in [9.17, 15) is 18.0 Å². The number of pyridine rings is 1. The van der Waals surface area contributed by atoms with Crippen LogP contribution >= 0.6 is 27.3 Å². The van der Waals surface area contributed by atoms with Crippen molar-refractivity contribution < 1.29 is 18.0 Å². The number of nitrogens with one attached hydrogen (secondary N) is 1. The number of hydrogen-bond donors (Lipinski definition) is 1. The highest BCUT2D eigenvalue weighted by Gasteiger charge is 2.30. The van der Waals surface area contributed by atoms with E-state index in [0.29, 0.717) is 20.9 Å². The second kappa shape index (κ2) is 6.60. The Morgan fingerprint density at radius 3 is 2.64 bits per heavy atom. The number of thiophene rings is 1. The molecule has 10 heteroatoms. The second-order valence-electron chi connectivity index (χ2n) is 5.04. The van der Waals surface area contributed by atoms with Crippen molar-refractivity contribution in [2.75, 3.05) is 5.32 Å². The van der Waals surface area contributed by atoms with Gasteiger partial charge >= 0.3 is 6.18 Å². The van der Waals surface area contributed by atoms with Gasteiger partial charge in [0, 0.05) is 16.7 Å². The normalized spacial score (nSPS) is 11.6. The minimum Gasteiger partial charge on any atom is -0.306 e. The topological polar surface area (TPSA) is 59.8 Å². The molecule has 0 unspecified atom stereocenters. The minimum absolute atomic E-state index is 0.168. The first-order valence-corrected chi connectivity index (χ1v) is 8.57. The lowest BCUT2D eigenvalue weighted by Gasteiger charge is -2.10. The van der Waals surface area contributed by atoms with E-state index in [1.165, 1.54) is 22.1 Å². The van der Waals surface area contributed by atoms with Gasteiger partial charge in [-0.1, -0.05) is 0 Å². The van der Waals surface area contributed by atoms with Crippen molar-refractivity contribution in [3.8, 4) is 5.82 Å². The Balaban J connectivity index is 1.91. The van der Waals surface area contributed by atoms with E-state index in [1.807, 2.05) is 0 Å². The summed E-state index contributed by atoms with van der Waals surface area (Å²) in [5, 5.41) is 8.64. The number of aromatic nitrogens is 3. The van der Waals surface area contributed by atoms with Crippen LogP contribution in [-0.4, -0.2) is 20.7 Å². The Labute approximate surface area is 152 Å². The molecule has 0 radical (unpaired) electrons. The van der Waals surface area contributed by atoms with Crippen molar-refractivity contribution in [1.29, 1.82) is 0 Å². The van der Waals surface area contributed by atoms with Crippen LogP contribution in [-0.2, 0) is 6.18 Å². The van der Waals surface area contributed by atoms with Crippen molar-refractivity contribution in [2.24, 2.45) is 0 Å². The van der Waals surface area contributed by atoms with Crippen LogP contribution in [0.5, 0.6) is 0 Å². The Morgan fingerprint density at radius 1 is 1.32 bits per heavy atom. The highest BCUT2D eigenvalue weighted by Crippen LogP contribution is 2.29. The molecule has 25 heavy (non-hydrogen) atoms. The summed E-state index contributed by atoms with van der Waals surface area (Å²) < 4.78 is 39.9. The van der Waals surface area contributed by atoms with Crippen LogP contribution in [0.25, 0.3) is 5.82 Å². The van der Waals surface area contributed by atoms with Crippen LogP contribution in [0.1, 0.15) is 20.9 Å². The third-order valence-corrected chi connectivity index (χ3v) is 5.03. The zero-order valence-electron chi connectivity index (χ0n) is 12.6. The van der Waals surface area contributed by atoms with E-state index in [-0.39, 0.29) is 11.7 Å². The van der Waals surface area contributed by atoms with Gasteiger partial charge in [-0.3, -0.25) is 4.79 Å². The molecule has 130 valence electrons. The molecule has 0 bridgehead atoms. The molecule has 3 rings (SSSR count). The van der Waals surface area contributed by atoms with Crippen LogP contribution in [0.15, 0.2) is 40.3 Å². The summed E-state index contributed by atoms with van der Waals surface area (Å²) in [6.45, 7) is 1.71. The number of amides is 1. The molecule has 1 N–H and O–H groups in total. The van der Waals surface area contributed by atoms with Gasteiger partial charge in [0.15, 0.2) is 5.82 Å². The summed E-state index contributed by atoms with van der Waals surface area (Å²) in [5.74, 6) is 0.131. The molecular formula is C15H10BrF3N4OS. The summed E-state index contributed by atoms with van der Waals surface area (Å²) in [6, 6.07) is 5.48. The average molecular weight is 431 g/mol. The van der Waals surface area contributed by atoms with Gasteiger partial charge < -0.3 is 5.32 Å². The number of halogens is 4. The molecule has 0 saturated carbocycles. The van der Waals surface area contributed by atoms with Crippen molar-refractivity contribution in [1.82, 2.24) is 14.8 Å². The summed E-state index contributed by atoms with van der Waals surface area (Å²) in [6.07, 6.45) is -3.73. The van der Waals surface area contributed by atoms with E-state index in [2.05, 4.69) is 31.3 Å². The smallest absolute Gasteiger partial charge is 0.306 e. The molecule has 0 fully saturated rings.